The fraction of sp³-hybridized carbons (Fsp3) is 0.667. The Kier molecular flexibility index (Phi) is 6.00. The molecule has 2 N–H and O–H groups in total. The van der Waals surface area contributed by atoms with Crippen LogP contribution in [0.5, 0.6) is 5.75 Å². The summed E-state index contributed by atoms with van der Waals surface area (Å²) < 4.78 is 11.9. The van der Waals surface area contributed by atoms with E-state index in [1.54, 1.807) is 27.0 Å². The molecule has 23 heavy (non-hydrogen) atoms. The number of hydrogen-bond donors (Lipinski definition) is 2. The third-order valence-corrected chi connectivity index (χ3v) is 2.81. The molecule has 0 fully saturated rings. The Hall–Kier alpha value is -2.25. The van der Waals surface area contributed by atoms with Gasteiger partial charge in [0.2, 0.25) is 0 Å². The smallest absolute Gasteiger partial charge is 0.408 e. The zero-order chi connectivity index (χ0) is 17.7. The van der Waals surface area contributed by atoms with Crippen molar-refractivity contribution in [1.29, 1.82) is 0 Å². The molecule has 1 aromatic heterocycles. The van der Waals surface area contributed by atoms with Gasteiger partial charge in [-0.25, -0.2) is 9.59 Å². The first kappa shape index (κ1) is 18.8. The number of aromatic nitrogens is 2. The number of amides is 1. The lowest BCUT2D eigenvalue weighted by atomic mass is 10.0. The number of alkyl carbamates (subject to hydrolysis) is 1. The number of carbonyl (C=O) groups excluding carboxylic acids is 1. The first-order valence-corrected chi connectivity index (χ1v) is 7.45. The van der Waals surface area contributed by atoms with Crippen molar-refractivity contribution in [3.63, 3.8) is 0 Å². The number of rotatable bonds is 7. The number of carbonyl (C=O) groups is 2. The molecule has 1 aromatic rings. The molecule has 1 atom stereocenters. The predicted molar refractivity (Wildman–Crippen MR) is 83.4 cm³/mol. The van der Waals surface area contributed by atoms with Crippen molar-refractivity contribution in [2.45, 2.75) is 58.7 Å². The average Bonchev–Trinajstić information content (AvgIpc) is 2.80. The van der Waals surface area contributed by atoms with Crippen LogP contribution in [-0.2, 0) is 16.1 Å². The lowest BCUT2D eigenvalue weighted by Gasteiger charge is -2.28. The molecular formula is C15H25N3O5. The molecule has 1 rings (SSSR count). The largest absolute Gasteiger partial charge is 0.490 e. The van der Waals surface area contributed by atoms with Crippen LogP contribution in [0.1, 0.15) is 41.0 Å². The van der Waals surface area contributed by atoms with Gasteiger partial charge in [0.05, 0.1) is 25.5 Å². The highest BCUT2D eigenvalue weighted by atomic mass is 16.6. The molecule has 0 saturated carbocycles. The van der Waals surface area contributed by atoms with Crippen LogP contribution < -0.4 is 10.1 Å². The van der Waals surface area contributed by atoms with E-state index in [1.807, 2.05) is 6.92 Å². The summed E-state index contributed by atoms with van der Waals surface area (Å²) in [5.41, 5.74) is -2.27. The number of ether oxygens (including phenoxy) is 2. The molecule has 0 spiro atoms. The van der Waals surface area contributed by atoms with E-state index in [4.69, 9.17) is 9.47 Å². The van der Waals surface area contributed by atoms with Gasteiger partial charge < -0.3 is 19.9 Å². The van der Waals surface area contributed by atoms with Gasteiger partial charge in [0.15, 0.2) is 11.3 Å². The third-order valence-electron chi connectivity index (χ3n) is 2.81. The minimum absolute atomic E-state index is 0.0585. The van der Waals surface area contributed by atoms with Crippen LogP contribution in [0.2, 0.25) is 0 Å². The first-order valence-electron chi connectivity index (χ1n) is 7.45. The van der Waals surface area contributed by atoms with Gasteiger partial charge in [-0.05, 0) is 34.1 Å². The van der Waals surface area contributed by atoms with Crippen molar-refractivity contribution in [1.82, 2.24) is 15.1 Å². The van der Waals surface area contributed by atoms with Crippen molar-refractivity contribution in [3.05, 3.63) is 12.4 Å². The van der Waals surface area contributed by atoms with E-state index in [0.29, 0.717) is 12.4 Å². The maximum absolute atomic E-state index is 11.9. The van der Waals surface area contributed by atoms with Crippen molar-refractivity contribution in [3.8, 4) is 5.75 Å². The summed E-state index contributed by atoms with van der Waals surface area (Å²) in [6, 6.07) is 0. The van der Waals surface area contributed by atoms with Crippen LogP contribution in [0.25, 0.3) is 0 Å². The molecule has 1 unspecified atom stereocenters. The number of aliphatic carboxylic acids is 1. The van der Waals surface area contributed by atoms with Gasteiger partial charge in [-0.1, -0.05) is 6.92 Å². The molecule has 1 heterocycles. The quantitative estimate of drug-likeness (QED) is 0.794. The van der Waals surface area contributed by atoms with E-state index < -0.39 is 23.2 Å². The minimum atomic E-state index is -1.56. The van der Waals surface area contributed by atoms with Crippen LogP contribution in [0, 0.1) is 0 Å². The number of hydrogen-bond acceptors (Lipinski definition) is 5. The molecule has 0 radical (unpaired) electrons. The summed E-state index contributed by atoms with van der Waals surface area (Å²) in [7, 11) is 0. The second kappa shape index (κ2) is 7.34. The van der Waals surface area contributed by atoms with E-state index >= 15 is 0 Å². The highest BCUT2D eigenvalue weighted by Crippen LogP contribution is 2.15. The van der Waals surface area contributed by atoms with E-state index in [1.165, 1.54) is 17.8 Å². The normalized spacial score (nSPS) is 14.0. The highest BCUT2D eigenvalue weighted by Gasteiger charge is 2.37. The topological polar surface area (TPSA) is 103 Å². The third kappa shape index (κ3) is 6.17. The van der Waals surface area contributed by atoms with Crippen molar-refractivity contribution < 1.29 is 24.2 Å². The van der Waals surface area contributed by atoms with Gasteiger partial charge >= 0.3 is 12.1 Å². The van der Waals surface area contributed by atoms with Crippen molar-refractivity contribution >= 4 is 12.1 Å². The molecule has 130 valence electrons. The maximum atomic E-state index is 11.9. The fourth-order valence-corrected chi connectivity index (χ4v) is 1.74. The van der Waals surface area contributed by atoms with Crippen molar-refractivity contribution in [2.24, 2.45) is 0 Å². The second-order valence-corrected chi connectivity index (χ2v) is 6.49. The standard InChI is InChI=1S/C15H25N3O5/c1-6-7-22-11-8-16-18(9-11)10-15(5,12(19)20)17-13(21)23-14(2,3)4/h8-9H,6-7,10H2,1-5H3,(H,17,21)(H,19,20). The zero-order valence-corrected chi connectivity index (χ0v) is 14.3. The second-order valence-electron chi connectivity index (χ2n) is 6.49. The first-order chi connectivity index (χ1) is 10.6. The Labute approximate surface area is 135 Å². The van der Waals surface area contributed by atoms with Crippen LogP contribution in [0.4, 0.5) is 4.79 Å². The monoisotopic (exact) mass is 327 g/mol. The van der Waals surface area contributed by atoms with Crippen LogP contribution in [-0.4, -0.2) is 44.7 Å². The lowest BCUT2D eigenvalue weighted by molar-refractivity contribution is -0.144. The molecule has 1 amide bonds. The Bertz CT molecular complexity index is 550. The van der Waals surface area contributed by atoms with Crippen LogP contribution in [0.3, 0.4) is 0 Å². The summed E-state index contributed by atoms with van der Waals surface area (Å²) >= 11 is 0. The summed E-state index contributed by atoms with van der Waals surface area (Å²) in [6.07, 6.45) is 3.16. The van der Waals surface area contributed by atoms with E-state index in [9.17, 15) is 14.7 Å². The summed E-state index contributed by atoms with van der Waals surface area (Å²) in [4.78, 5) is 23.4. The molecule has 0 aliphatic heterocycles. The molecule has 8 heteroatoms. The molecule has 0 aliphatic carbocycles. The van der Waals surface area contributed by atoms with Crippen LogP contribution >= 0.6 is 0 Å². The van der Waals surface area contributed by atoms with Gasteiger partial charge in [0.1, 0.15) is 5.60 Å². The molecule has 0 bridgehead atoms. The fourth-order valence-electron chi connectivity index (χ4n) is 1.74. The summed E-state index contributed by atoms with van der Waals surface area (Å²) in [6.45, 7) is 8.99. The Balaban J connectivity index is 2.78. The lowest BCUT2D eigenvalue weighted by Crippen LogP contribution is -2.56. The predicted octanol–water partition coefficient (Wildman–Crippen LogP) is 2.04. The molecule has 0 saturated heterocycles. The van der Waals surface area contributed by atoms with E-state index in [-0.39, 0.29) is 6.54 Å². The minimum Gasteiger partial charge on any atom is -0.490 e. The number of nitrogens with zero attached hydrogens (tertiary/aromatic N) is 2. The number of carboxylic acids is 1. The molecule has 8 nitrogen and oxygen atoms in total. The summed E-state index contributed by atoms with van der Waals surface area (Å²) in [5.74, 6) is -0.633. The zero-order valence-electron chi connectivity index (χ0n) is 14.3. The summed E-state index contributed by atoms with van der Waals surface area (Å²) in [5, 5.41) is 15.9. The average molecular weight is 327 g/mol. The molecule has 0 aromatic carbocycles. The number of carboxylic acid groups (broad SMARTS) is 1. The Morgan fingerprint density at radius 3 is 2.52 bits per heavy atom. The Morgan fingerprint density at radius 1 is 1.35 bits per heavy atom. The SMILES string of the molecule is CCCOc1cnn(CC(C)(NC(=O)OC(C)(C)C)C(=O)O)c1. The Morgan fingerprint density at radius 2 is 2.00 bits per heavy atom. The van der Waals surface area contributed by atoms with Crippen molar-refractivity contribution in [2.75, 3.05) is 6.61 Å². The van der Waals surface area contributed by atoms with Gasteiger partial charge in [0, 0.05) is 0 Å². The highest BCUT2D eigenvalue weighted by molar-refractivity contribution is 5.83. The maximum Gasteiger partial charge on any atom is 0.408 e. The molecular weight excluding hydrogens is 302 g/mol. The van der Waals surface area contributed by atoms with E-state index in [0.717, 1.165) is 6.42 Å². The molecule has 0 aliphatic rings. The van der Waals surface area contributed by atoms with Crippen LogP contribution in [0.15, 0.2) is 12.4 Å². The van der Waals surface area contributed by atoms with E-state index in [2.05, 4.69) is 10.4 Å². The number of nitrogens with one attached hydrogen (secondary N) is 1. The van der Waals surface area contributed by atoms with Gasteiger partial charge in [-0.15, -0.1) is 0 Å². The van der Waals surface area contributed by atoms with Gasteiger partial charge in [-0.3, -0.25) is 4.68 Å². The van der Waals surface area contributed by atoms with Gasteiger partial charge in [0.25, 0.3) is 0 Å². The van der Waals surface area contributed by atoms with Gasteiger partial charge in [-0.2, -0.15) is 5.10 Å².